The number of fused-ring (bicyclic) bond motifs is 2. The van der Waals surface area contributed by atoms with Crippen LogP contribution in [0.25, 0.3) is 11.0 Å². The highest BCUT2D eigenvalue weighted by molar-refractivity contribution is 7.88. The molecule has 3 aromatic rings. The van der Waals surface area contributed by atoms with Crippen LogP contribution in [-0.2, 0) is 25.4 Å². The largest absolute Gasteiger partial charge is 0.451 e. The summed E-state index contributed by atoms with van der Waals surface area (Å²) in [5, 5.41) is 3.63. The van der Waals surface area contributed by atoms with Crippen molar-refractivity contribution in [1.82, 2.24) is 19.5 Å². The molecule has 0 spiro atoms. The predicted molar refractivity (Wildman–Crippen MR) is 140 cm³/mol. The zero-order valence-corrected chi connectivity index (χ0v) is 22.1. The van der Waals surface area contributed by atoms with E-state index < -0.39 is 34.1 Å². The fourth-order valence-electron chi connectivity index (χ4n) is 5.52. The van der Waals surface area contributed by atoms with E-state index in [2.05, 4.69) is 10.3 Å². The molecule has 1 N–H and O–H groups in total. The Morgan fingerprint density at radius 1 is 1.21 bits per heavy atom. The van der Waals surface area contributed by atoms with Crippen molar-refractivity contribution >= 4 is 38.6 Å². The van der Waals surface area contributed by atoms with Crippen LogP contribution in [0.1, 0.15) is 47.9 Å². The van der Waals surface area contributed by atoms with Gasteiger partial charge in [0.1, 0.15) is 17.7 Å². The van der Waals surface area contributed by atoms with E-state index in [1.165, 1.54) is 15.4 Å². The van der Waals surface area contributed by atoms with Gasteiger partial charge in [0.05, 0.1) is 18.3 Å². The van der Waals surface area contributed by atoms with Crippen LogP contribution in [0.3, 0.4) is 0 Å². The number of sulfonamides is 1. The summed E-state index contributed by atoms with van der Waals surface area (Å²) in [6.45, 7) is 3.66. The molecule has 2 aromatic heterocycles. The fraction of sp³-hybridized carbons (Fsp3) is 0.407. The molecular formula is C27H30N4O6S. The maximum Gasteiger partial charge on any atom is 0.287 e. The Morgan fingerprint density at radius 2 is 2.00 bits per heavy atom. The predicted octanol–water partition coefficient (Wildman–Crippen LogP) is 2.42. The summed E-state index contributed by atoms with van der Waals surface area (Å²) in [6, 6.07) is 8.30. The zero-order chi connectivity index (χ0) is 27.0. The van der Waals surface area contributed by atoms with Gasteiger partial charge in [-0.25, -0.2) is 8.42 Å². The van der Waals surface area contributed by atoms with Gasteiger partial charge in [0.15, 0.2) is 11.5 Å². The number of aromatic nitrogens is 1. The first-order valence-corrected chi connectivity index (χ1v) is 14.3. The van der Waals surface area contributed by atoms with Crippen molar-refractivity contribution < 1.29 is 27.2 Å². The molecule has 38 heavy (non-hydrogen) atoms. The van der Waals surface area contributed by atoms with Gasteiger partial charge in [-0.15, -0.1) is 0 Å². The Labute approximate surface area is 221 Å². The summed E-state index contributed by atoms with van der Waals surface area (Å²) >= 11 is 0. The number of benzene rings is 1. The van der Waals surface area contributed by atoms with Crippen molar-refractivity contribution in [3.05, 3.63) is 65.7 Å². The summed E-state index contributed by atoms with van der Waals surface area (Å²) in [4.78, 5) is 45.2. The van der Waals surface area contributed by atoms with Gasteiger partial charge in [-0.2, -0.15) is 4.31 Å². The molecule has 2 aliphatic heterocycles. The maximum atomic E-state index is 13.6. The van der Waals surface area contributed by atoms with Crippen molar-refractivity contribution in [3.8, 4) is 0 Å². The van der Waals surface area contributed by atoms with Crippen molar-refractivity contribution in [2.75, 3.05) is 13.1 Å². The molecule has 11 heteroatoms. The third-order valence-corrected chi connectivity index (χ3v) is 9.13. The fourth-order valence-corrected chi connectivity index (χ4v) is 7.24. The number of carbonyl (C=O) groups excluding carboxylic acids is 3. The normalized spacial score (nSPS) is 20.6. The number of amides is 2. The smallest absolute Gasteiger partial charge is 0.287 e. The lowest BCUT2D eigenvalue weighted by atomic mass is 10.1. The van der Waals surface area contributed by atoms with E-state index in [1.807, 2.05) is 25.1 Å². The van der Waals surface area contributed by atoms with Crippen LogP contribution in [0.5, 0.6) is 0 Å². The van der Waals surface area contributed by atoms with E-state index in [0.29, 0.717) is 36.0 Å². The molecule has 5 rings (SSSR count). The van der Waals surface area contributed by atoms with Crippen molar-refractivity contribution in [2.24, 2.45) is 0 Å². The molecule has 0 radical (unpaired) electrons. The summed E-state index contributed by atoms with van der Waals surface area (Å²) in [6.07, 6.45) is 4.39. The van der Waals surface area contributed by atoms with E-state index in [-0.39, 0.29) is 36.3 Å². The van der Waals surface area contributed by atoms with Crippen molar-refractivity contribution in [3.63, 3.8) is 0 Å². The average molecular weight is 539 g/mol. The van der Waals surface area contributed by atoms with Crippen LogP contribution in [0.2, 0.25) is 0 Å². The second-order valence-corrected chi connectivity index (χ2v) is 11.8. The van der Waals surface area contributed by atoms with E-state index >= 15 is 0 Å². The van der Waals surface area contributed by atoms with E-state index in [9.17, 15) is 22.8 Å². The number of furan rings is 1. The molecule has 2 aliphatic rings. The molecule has 2 fully saturated rings. The number of rotatable bonds is 8. The van der Waals surface area contributed by atoms with Gasteiger partial charge in [0.2, 0.25) is 15.9 Å². The van der Waals surface area contributed by atoms with Crippen LogP contribution in [0.15, 0.2) is 53.2 Å². The van der Waals surface area contributed by atoms with E-state index in [0.717, 1.165) is 5.39 Å². The van der Waals surface area contributed by atoms with Crippen molar-refractivity contribution in [2.45, 2.75) is 57.0 Å². The van der Waals surface area contributed by atoms with Crippen molar-refractivity contribution in [1.29, 1.82) is 0 Å². The number of hydrogen-bond donors (Lipinski definition) is 1. The number of pyridine rings is 1. The minimum absolute atomic E-state index is 0.143. The average Bonchev–Trinajstić information content (AvgIpc) is 3.58. The molecule has 2 saturated heterocycles. The number of ketones is 1. The van der Waals surface area contributed by atoms with Crippen LogP contribution in [0.4, 0.5) is 0 Å². The monoisotopic (exact) mass is 538 g/mol. The quantitative estimate of drug-likeness (QED) is 0.466. The second kappa shape index (κ2) is 10.3. The van der Waals surface area contributed by atoms with Crippen LogP contribution in [-0.4, -0.2) is 71.4 Å². The van der Waals surface area contributed by atoms with Gasteiger partial charge in [0, 0.05) is 29.9 Å². The number of nitrogens with zero attached hydrogens (tertiary/aromatic N) is 3. The molecule has 3 unspecified atom stereocenters. The standard InChI is InChI=1S/C27H30N4O6S/c1-3-7-20(29-26(33)25-17(2)19-9-4-5-10-23(19)37-25)27(34)30-13-11-21-24(30)22(32)15-31(21)38(35,36)16-18-8-6-12-28-14-18/h4-6,8-10,12,14,20-21,24H,3,7,11,13,15-16H2,1-2H3,(H,29,33). The number of likely N-dealkylation sites (tertiary alicyclic amines) is 1. The first-order chi connectivity index (χ1) is 18.2. The minimum Gasteiger partial charge on any atom is -0.451 e. The number of Topliss-reactive ketones (excluding diaryl/α,β-unsaturated/α-hetero) is 1. The molecule has 1 aromatic carbocycles. The van der Waals surface area contributed by atoms with Gasteiger partial charge in [-0.1, -0.05) is 37.6 Å². The summed E-state index contributed by atoms with van der Waals surface area (Å²) < 4.78 is 33.4. The van der Waals surface area contributed by atoms with Gasteiger partial charge < -0.3 is 14.6 Å². The highest BCUT2D eigenvalue weighted by Gasteiger charge is 2.54. The lowest BCUT2D eigenvalue weighted by Crippen LogP contribution is -2.52. The Morgan fingerprint density at radius 3 is 2.71 bits per heavy atom. The molecule has 2 amide bonds. The number of hydrogen-bond acceptors (Lipinski definition) is 7. The van der Waals surface area contributed by atoms with Crippen LogP contribution < -0.4 is 5.32 Å². The second-order valence-electron chi connectivity index (χ2n) is 9.83. The highest BCUT2D eigenvalue weighted by atomic mass is 32.2. The topological polar surface area (TPSA) is 130 Å². The lowest BCUT2D eigenvalue weighted by Gasteiger charge is -2.28. The Balaban J connectivity index is 1.33. The van der Waals surface area contributed by atoms with Gasteiger partial charge >= 0.3 is 0 Å². The first kappa shape index (κ1) is 26.1. The van der Waals surface area contributed by atoms with Gasteiger partial charge in [-0.3, -0.25) is 19.4 Å². The maximum absolute atomic E-state index is 13.6. The molecule has 10 nitrogen and oxygen atoms in total. The Hall–Kier alpha value is -3.57. The molecular weight excluding hydrogens is 508 g/mol. The molecule has 3 atom stereocenters. The number of carbonyl (C=O) groups is 3. The van der Waals surface area contributed by atoms with Crippen LogP contribution >= 0.6 is 0 Å². The van der Waals surface area contributed by atoms with E-state index in [4.69, 9.17) is 4.42 Å². The SMILES string of the molecule is CCCC(NC(=O)c1oc2ccccc2c1C)C(=O)N1CCC2C1C(=O)CN2S(=O)(=O)Cc1cccnc1. The Kier molecular flexibility index (Phi) is 7.06. The summed E-state index contributed by atoms with van der Waals surface area (Å²) in [5.74, 6) is -1.33. The molecule has 0 aliphatic carbocycles. The first-order valence-electron chi connectivity index (χ1n) is 12.7. The molecule has 200 valence electrons. The highest BCUT2D eigenvalue weighted by Crippen LogP contribution is 2.33. The molecule has 0 bridgehead atoms. The lowest BCUT2D eigenvalue weighted by molar-refractivity contribution is -0.138. The van der Waals surface area contributed by atoms with Gasteiger partial charge in [-0.05, 0) is 37.5 Å². The number of aryl methyl sites for hydroxylation is 1. The molecule has 0 saturated carbocycles. The number of para-hydroxylation sites is 1. The third-order valence-electron chi connectivity index (χ3n) is 7.32. The molecule has 4 heterocycles. The van der Waals surface area contributed by atoms with Crippen LogP contribution in [0, 0.1) is 6.92 Å². The minimum atomic E-state index is -3.80. The zero-order valence-electron chi connectivity index (χ0n) is 21.3. The van der Waals surface area contributed by atoms with Gasteiger partial charge in [0.25, 0.3) is 5.91 Å². The summed E-state index contributed by atoms with van der Waals surface area (Å²) in [7, 11) is -3.80. The Bertz CT molecular complexity index is 1490. The third kappa shape index (κ3) is 4.71. The van der Waals surface area contributed by atoms with E-state index in [1.54, 1.807) is 31.3 Å². The number of nitrogens with one attached hydrogen (secondary N) is 1. The summed E-state index contributed by atoms with van der Waals surface area (Å²) in [5.41, 5.74) is 1.79.